The van der Waals surface area contributed by atoms with Crippen molar-refractivity contribution in [3.05, 3.63) is 48.2 Å². The molecule has 0 radical (unpaired) electrons. The van der Waals surface area contributed by atoms with Gasteiger partial charge in [-0.1, -0.05) is 18.2 Å². The predicted molar refractivity (Wildman–Crippen MR) is 87.9 cm³/mol. The fourth-order valence-electron chi connectivity index (χ4n) is 2.61. The fraction of sp³-hybridized carbons (Fsp3) is 0.412. The Hall–Kier alpha value is -2.30. The number of anilines is 1. The first kappa shape index (κ1) is 14.6. The number of hydrogen-bond donors (Lipinski definition) is 1. The zero-order valence-electron chi connectivity index (χ0n) is 13.0. The third-order valence-electron chi connectivity index (χ3n) is 3.74. The van der Waals surface area contributed by atoms with Gasteiger partial charge in [-0.25, -0.2) is 9.98 Å². The van der Waals surface area contributed by atoms with E-state index in [1.807, 2.05) is 25.1 Å². The van der Waals surface area contributed by atoms with Crippen molar-refractivity contribution in [2.24, 2.45) is 4.99 Å². The van der Waals surface area contributed by atoms with Gasteiger partial charge in [0.2, 0.25) is 0 Å². The smallest absolute Gasteiger partial charge is 0.198 e. The molecule has 1 saturated heterocycles. The van der Waals surface area contributed by atoms with E-state index < -0.39 is 0 Å². The van der Waals surface area contributed by atoms with E-state index in [1.54, 1.807) is 6.20 Å². The van der Waals surface area contributed by atoms with Crippen LogP contribution in [-0.4, -0.2) is 28.9 Å². The molecule has 0 unspecified atom stereocenters. The molecule has 0 spiro atoms. The summed E-state index contributed by atoms with van der Waals surface area (Å²) in [4.78, 5) is 11.2. The van der Waals surface area contributed by atoms with E-state index in [2.05, 4.69) is 27.3 Å². The molecule has 5 nitrogen and oxygen atoms in total. The molecule has 2 aromatic rings. The molecular weight excluding hydrogens is 276 g/mol. The molecule has 116 valence electrons. The van der Waals surface area contributed by atoms with Crippen LogP contribution in [0.15, 0.2) is 45.9 Å². The third-order valence-corrected chi connectivity index (χ3v) is 3.74. The van der Waals surface area contributed by atoms with E-state index in [9.17, 15) is 0 Å². The van der Waals surface area contributed by atoms with Crippen molar-refractivity contribution in [1.29, 1.82) is 0 Å². The molecule has 1 N–H and O–H groups in total. The molecule has 1 aliphatic heterocycles. The fourth-order valence-corrected chi connectivity index (χ4v) is 2.61. The van der Waals surface area contributed by atoms with Crippen LogP contribution in [0.5, 0.6) is 0 Å². The van der Waals surface area contributed by atoms with Crippen molar-refractivity contribution in [3.63, 3.8) is 0 Å². The number of aromatic nitrogens is 1. The molecule has 1 aromatic carbocycles. The van der Waals surface area contributed by atoms with Gasteiger partial charge in [0.15, 0.2) is 11.9 Å². The number of hydrogen-bond acceptors (Lipinski definition) is 3. The Bertz CT molecular complexity index is 615. The van der Waals surface area contributed by atoms with Gasteiger partial charge in [0, 0.05) is 25.7 Å². The number of aliphatic imine (C=N–C) groups is 1. The average molecular weight is 298 g/mol. The zero-order valence-corrected chi connectivity index (χ0v) is 13.0. The SMILES string of the molecule is Cc1ncc(CN=C(Nc2ccccc2)N2CCCCC2)o1. The third kappa shape index (κ3) is 3.87. The van der Waals surface area contributed by atoms with Crippen molar-refractivity contribution in [1.82, 2.24) is 9.88 Å². The highest BCUT2D eigenvalue weighted by molar-refractivity contribution is 5.93. The van der Waals surface area contributed by atoms with Gasteiger partial charge in [0.05, 0.1) is 6.20 Å². The summed E-state index contributed by atoms with van der Waals surface area (Å²) in [6, 6.07) is 10.2. The minimum absolute atomic E-state index is 0.506. The molecule has 1 aromatic heterocycles. The summed E-state index contributed by atoms with van der Waals surface area (Å²) in [6.07, 6.45) is 5.49. The molecule has 0 atom stereocenters. The first-order valence-corrected chi connectivity index (χ1v) is 7.84. The lowest BCUT2D eigenvalue weighted by molar-refractivity contribution is 0.340. The highest BCUT2D eigenvalue weighted by atomic mass is 16.4. The Labute approximate surface area is 131 Å². The van der Waals surface area contributed by atoms with Crippen LogP contribution in [0.1, 0.15) is 30.9 Å². The van der Waals surface area contributed by atoms with Crippen LogP contribution in [0.4, 0.5) is 5.69 Å². The summed E-state index contributed by atoms with van der Waals surface area (Å²) < 4.78 is 5.51. The van der Waals surface area contributed by atoms with Gasteiger partial charge in [0.1, 0.15) is 12.3 Å². The molecule has 0 amide bonds. The lowest BCUT2D eigenvalue weighted by atomic mass is 10.1. The highest BCUT2D eigenvalue weighted by Gasteiger charge is 2.15. The van der Waals surface area contributed by atoms with Crippen molar-refractivity contribution >= 4 is 11.6 Å². The predicted octanol–water partition coefficient (Wildman–Crippen LogP) is 3.44. The largest absolute Gasteiger partial charge is 0.444 e. The topological polar surface area (TPSA) is 53.7 Å². The molecule has 5 heteroatoms. The van der Waals surface area contributed by atoms with Crippen molar-refractivity contribution in [3.8, 4) is 0 Å². The first-order chi connectivity index (χ1) is 10.8. The van der Waals surface area contributed by atoms with Crippen LogP contribution >= 0.6 is 0 Å². The monoisotopic (exact) mass is 298 g/mol. The maximum atomic E-state index is 5.51. The van der Waals surface area contributed by atoms with Crippen molar-refractivity contribution in [2.75, 3.05) is 18.4 Å². The minimum atomic E-state index is 0.506. The lowest BCUT2D eigenvalue weighted by Gasteiger charge is -2.30. The van der Waals surface area contributed by atoms with E-state index in [-0.39, 0.29) is 0 Å². The summed E-state index contributed by atoms with van der Waals surface area (Å²) in [5.41, 5.74) is 1.06. The Kier molecular flexibility index (Phi) is 4.73. The van der Waals surface area contributed by atoms with E-state index in [4.69, 9.17) is 9.41 Å². The van der Waals surface area contributed by atoms with E-state index >= 15 is 0 Å². The molecule has 0 bridgehead atoms. The number of aryl methyl sites for hydroxylation is 1. The molecule has 0 aliphatic carbocycles. The number of guanidine groups is 1. The van der Waals surface area contributed by atoms with Gasteiger partial charge in [-0.15, -0.1) is 0 Å². The summed E-state index contributed by atoms with van der Waals surface area (Å²) in [5.74, 6) is 2.39. The number of rotatable bonds is 3. The standard InChI is InChI=1S/C17H22N4O/c1-14-18-12-16(22-14)13-19-17(21-10-6-3-7-11-21)20-15-8-4-2-5-9-15/h2,4-5,8-9,12H,3,6-7,10-11,13H2,1H3,(H,19,20). The van der Waals surface area contributed by atoms with Gasteiger partial charge < -0.3 is 14.6 Å². The summed E-state index contributed by atoms with van der Waals surface area (Å²) in [6.45, 7) is 4.45. The Morgan fingerprint density at radius 2 is 2.00 bits per heavy atom. The van der Waals surface area contributed by atoms with Crippen LogP contribution in [-0.2, 0) is 6.54 Å². The molecule has 0 saturated carbocycles. The molecule has 22 heavy (non-hydrogen) atoms. The second kappa shape index (κ2) is 7.11. The van der Waals surface area contributed by atoms with Crippen LogP contribution in [0.3, 0.4) is 0 Å². The zero-order chi connectivity index (χ0) is 15.2. The van der Waals surface area contributed by atoms with Crippen LogP contribution in [0.25, 0.3) is 0 Å². The van der Waals surface area contributed by atoms with Gasteiger partial charge in [-0.05, 0) is 31.4 Å². The number of oxazole rings is 1. The second-order valence-corrected chi connectivity index (χ2v) is 5.52. The average Bonchev–Trinajstić information content (AvgIpc) is 2.99. The normalized spacial score (nSPS) is 15.9. The van der Waals surface area contributed by atoms with E-state index in [1.165, 1.54) is 19.3 Å². The van der Waals surface area contributed by atoms with Gasteiger partial charge in [0.25, 0.3) is 0 Å². The molecule has 1 fully saturated rings. The number of para-hydroxylation sites is 1. The number of nitrogens with zero attached hydrogens (tertiary/aromatic N) is 3. The van der Waals surface area contributed by atoms with Crippen LogP contribution in [0, 0.1) is 6.92 Å². The summed E-state index contributed by atoms with van der Waals surface area (Å²) in [5, 5.41) is 3.44. The highest BCUT2D eigenvalue weighted by Crippen LogP contribution is 2.13. The van der Waals surface area contributed by atoms with Gasteiger partial charge in [-0.3, -0.25) is 0 Å². The quantitative estimate of drug-likeness (QED) is 0.696. The maximum absolute atomic E-state index is 5.51. The summed E-state index contributed by atoms with van der Waals surface area (Å²) >= 11 is 0. The Morgan fingerprint density at radius 1 is 1.23 bits per heavy atom. The number of nitrogens with one attached hydrogen (secondary N) is 1. The Balaban J connectivity index is 1.75. The number of piperidine rings is 1. The van der Waals surface area contributed by atoms with Crippen molar-refractivity contribution in [2.45, 2.75) is 32.7 Å². The molecular formula is C17H22N4O. The second-order valence-electron chi connectivity index (χ2n) is 5.52. The molecule has 1 aliphatic rings. The molecule has 3 rings (SSSR count). The van der Waals surface area contributed by atoms with Gasteiger partial charge in [-0.2, -0.15) is 0 Å². The van der Waals surface area contributed by atoms with Crippen LogP contribution < -0.4 is 5.32 Å². The van der Waals surface area contributed by atoms with Crippen LogP contribution in [0.2, 0.25) is 0 Å². The lowest BCUT2D eigenvalue weighted by Crippen LogP contribution is -2.40. The van der Waals surface area contributed by atoms with Crippen molar-refractivity contribution < 1.29 is 4.42 Å². The number of benzene rings is 1. The molecule has 2 heterocycles. The van der Waals surface area contributed by atoms with E-state index in [0.29, 0.717) is 12.4 Å². The Morgan fingerprint density at radius 3 is 2.68 bits per heavy atom. The van der Waals surface area contributed by atoms with Gasteiger partial charge >= 0.3 is 0 Å². The number of likely N-dealkylation sites (tertiary alicyclic amines) is 1. The minimum Gasteiger partial charge on any atom is -0.444 e. The maximum Gasteiger partial charge on any atom is 0.198 e. The van der Waals surface area contributed by atoms with E-state index in [0.717, 1.165) is 30.5 Å². The first-order valence-electron chi connectivity index (χ1n) is 7.84. The summed E-state index contributed by atoms with van der Waals surface area (Å²) in [7, 11) is 0.